The van der Waals surface area contributed by atoms with Crippen LogP contribution in [0.3, 0.4) is 0 Å². The molecule has 0 saturated carbocycles. The minimum absolute atomic E-state index is 0.266. The van der Waals surface area contributed by atoms with Gasteiger partial charge in [0, 0.05) is 43.5 Å². The van der Waals surface area contributed by atoms with Crippen LogP contribution in [0.25, 0.3) is 11.3 Å². The van der Waals surface area contributed by atoms with Gasteiger partial charge in [-0.25, -0.2) is 0 Å². The van der Waals surface area contributed by atoms with E-state index in [1.54, 1.807) is 6.07 Å². The lowest BCUT2D eigenvalue weighted by Crippen LogP contribution is -2.46. The van der Waals surface area contributed by atoms with Crippen molar-refractivity contribution in [3.8, 4) is 17.0 Å². The van der Waals surface area contributed by atoms with Crippen molar-refractivity contribution in [3.05, 3.63) is 65.9 Å². The van der Waals surface area contributed by atoms with Gasteiger partial charge in [-0.15, -0.1) is 13.2 Å². The minimum Gasteiger partial charge on any atom is -0.406 e. The molecule has 0 bridgehead atoms. The SMILES string of the molecule is Cc1ccc(N2CCN(CCCNCc3cc(-c4ccc(OC(F)(F)F)cc4)no3)CC2)cc1. The number of alkyl halides is 3. The van der Waals surface area contributed by atoms with E-state index in [2.05, 4.69) is 56.2 Å². The van der Waals surface area contributed by atoms with E-state index in [0.29, 0.717) is 23.6 Å². The van der Waals surface area contributed by atoms with Crippen LogP contribution in [0.4, 0.5) is 18.9 Å². The van der Waals surface area contributed by atoms with Crippen LogP contribution in [-0.2, 0) is 6.54 Å². The van der Waals surface area contributed by atoms with E-state index >= 15 is 0 Å². The zero-order valence-corrected chi connectivity index (χ0v) is 19.1. The number of piperazine rings is 1. The molecule has 1 fully saturated rings. The Morgan fingerprint density at radius 2 is 1.71 bits per heavy atom. The third kappa shape index (κ3) is 6.98. The Kier molecular flexibility index (Phi) is 7.74. The van der Waals surface area contributed by atoms with Gasteiger partial charge in [0.25, 0.3) is 0 Å². The number of nitrogens with one attached hydrogen (secondary N) is 1. The molecular weight excluding hydrogens is 445 g/mol. The van der Waals surface area contributed by atoms with Crippen LogP contribution in [0.5, 0.6) is 5.75 Å². The van der Waals surface area contributed by atoms with Gasteiger partial charge in [-0.1, -0.05) is 22.9 Å². The van der Waals surface area contributed by atoms with E-state index in [-0.39, 0.29) is 5.75 Å². The Morgan fingerprint density at radius 3 is 2.38 bits per heavy atom. The Morgan fingerprint density at radius 1 is 1.00 bits per heavy atom. The van der Waals surface area contributed by atoms with Gasteiger partial charge < -0.3 is 19.5 Å². The second kappa shape index (κ2) is 10.9. The molecule has 3 aromatic rings. The van der Waals surface area contributed by atoms with Gasteiger partial charge in [0.1, 0.15) is 11.4 Å². The summed E-state index contributed by atoms with van der Waals surface area (Å²) in [7, 11) is 0. The number of anilines is 1. The van der Waals surface area contributed by atoms with E-state index in [9.17, 15) is 13.2 Å². The van der Waals surface area contributed by atoms with E-state index in [4.69, 9.17) is 4.52 Å². The molecule has 1 saturated heterocycles. The maximum atomic E-state index is 12.3. The third-order valence-electron chi connectivity index (χ3n) is 5.84. The van der Waals surface area contributed by atoms with Gasteiger partial charge in [-0.3, -0.25) is 4.90 Å². The number of rotatable bonds is 9. The fraction of sp³-hybridized carbons (Fsp3) is 0.400. The van der Waals surface area contributed by atoms with Crippen molar-refractivity contribution in [2.75, 3.05) is 44.2 Å². The van der Waals surface area contributed by atoms with E-state index < -0.39 is 6.36 Å². The molecule has 1 N–H and O–H groups in total. The average Bonchev–Trinajstić information content (AvgIpc) is 3.28. The number of ether oxygens (including phenoxy) is 1. The van der Waals surface area contributed by atoms with Gasteiger partial charge >= 0.3 is 6.36 Å². The molecule has 0 unspecified atom stereocenters. The van der Waals surface area contributed by atoms with Gasteiger partial charge in [0.05, 0.1) is 6.54 Å². The number of benzene rings is 2. The fourth-order valence-corrected chi connectivity index (χ4v) is 3.98. The van der Waals surface area contributed by atoms with Crippen molar-refractivity contribution in [1.82, 2.24) is 15.4 Å². The molecule has 0 atom stereocenters. The minimum atomic E-state index is -4.70. The summed E-state index contributed by atoms with van der Waals surface area (Å²) in [6.07, 6.45) is -3.67. The van der Waals surface area contributed by atoms with Crippen molar-refractivity contribution in [2.45, 2.75) is 26.3 Å². The molecule has 182 valence electrons. The smallest absolute Gasteiger partial charge is 0.406 e. The number of hydrogen-bond donors (Lipinski definition) is 1. The van der Waals surface area contributed by atoms with Crippen LogP contribution in [0.1, 0.15) is 17.7 Å². The van der Waals surface area contributed by atoms with Crippen molar-refractivity contribution < 1.29 is 22.4 Å². The van der Waals surface area contributed by atoms with Crippen LogP contribution in [0.15, 0.2) is 59.1 Å². The monoisotopic (exact) mass is 474 g/mol. The standard InChI is InChI=1S/C25H29F3N4O2/c1-19-3-7-21(8-4-19)32-15-13-31(14-16-32)12-2-11-29-18-23-17-24(30-34-23)20-5-9-22(10-6-20)33-25(26,27)28/h3-10,17,29H,2,11-16,18H2,1H3. The van der Waals surface area contributed by atoms with Crippen molar-refractivity contribution in [1.29, 1.82) is 0 Å². The van der Waals surface area contributed by atoms with Crippen molar-refractivity contribution in [3.63, 3.8) is 0 Å². The van der Waals surface area contributed by atoms with Crippen molar-refractivity contribution >= 4 is 5.69 Å². The Hall–Kier alpha value is -3.04. The fourth-order valence-electron chi connectivity index (χ4n) is 3.98. The molecule has 0 aliphatic carbocycles. The molecule has 9 heteroatoms. The lowest BCUT2D eigenvalue weighted by molar-refractivity contribution is -0.274. The molecule has 6 nitrogen and oxygen atoms in total. The topological polar surface area (TPSA) is 53.8 Å². The quantitative estimate of drug-likeness (QED) is 0.448. The largest absolute Gasteiger partial charge is 0.573 e. The van der Waals surface area contributed by atoms with Gasteiger partial charge in [-0.2, -0.15) is 0 Å². The first kappa shape index (κ1) is 24.1. The molecule has 4 rings (SSSR count). The van der Waals surface area contributed by atoms with Crippen molar-refractivity contribution in [2.24, 2.45) is 0 Å². The highest BCUT2D eigenvalue weighted by Crippen LogP contribution is 2.26. The maximum absolute atomic E-state index is 12.3. The van der Waals surface area contributed by atoms with E-state index in [0.717, 1.165) is 45.7 Å². The number of aromatic nitrogens is 1. The molecule has 1 aromatic heterocycles. The molecular formula is C25H29F3N4O2. The predicted octanol–water partition coefficient (Wildman–Crippen LogP) is 4.85. The highest BCUT2D eigenvalue weighted by Gasteiger charge is 2.31. The highest BCUT2D eigenvalue weighted by atomic mass is 19.4. The number of halogens is 3. The number of aryl methyl sites for hydroxylation is 1. The second-order valence-corrected chi connectivity index (χ2v) is 8.45. The van der Waals surface area contributed by atoms with Gasteiger partial charge in [0.15, 0.2) is 5.76 Å². The summed E-state index contributed by atoms with van der Waals surface area (Å²) in [5.74, 6) is 0.413. The molecule has 1 aliphatic rings. The molecule has 0 spiro atoms. The Labute approximate surface area is 197 Å². The number of nitrogens with zero attached hydrogens (tertiary/aromatic N) is 3. The molecule has 0 amide bonds. The molecule has 2 aromatic carbocycles. The molecule has 1 aliphatic heterocycles. The Bertz CT molecular complexity index is 1030. The molecule has 0 radical (unpaired) electrons. The van der Waals surface area contributed by atoms with Crippen LogP contribution in [-0.4, -0.2) is 55.7 Å². The van der Waals surface area contributed by atoms with Crippen LogP contribution >= 0.6 is 0 Å². The molecule has 34 heavy (non-hydrogen) atoms. The van der Waals surface area contributed by atoms with Crippen LogP contribution < -0.4 is 15.0 Å². The van der Waals surface area contributed by atoms with Crippen LogP contribution in [0, 0.1) is 6.92 Å². The lowest BCUT2D eigenvalue weighted by atomic mass is 10.1. The molecule has 2 heterocycles. The normalized spacial score (nSPS) is 15.0. The predicted molar refractivity (Wildman–Crippen MR) is 125 cm³/mol. The first-order chi connectivity index (χ1) is 16.4. The maximum Gasteiger partial charge on any atom is 0.573 e. The summed E-state index contributed by atoms with van der Waals surface area (Å²) in [6.45, 7) is 8.76. The third-order valence-corrected chi connectivity index (χ3v) is 5.84. The summed E-state index contributed by atoms with van der Waals surface area (Å²) < 4.78 is 46.1. The summed E-state index contributed by atoms with van der Waals surface area (Å²) in [4.78, 5) is 4.93. The zero-order valence-electron chi connectivity index (χ0n) is 19.1. The Balaban J connectivity index is 1.13. The van der Waals surface area contributed by atoms with Crippen LogP contribution in [0.2, 0.25) is 0 Å². The average molecular weight is 475 g/mol. The summed E-state index contributed by atoms with van der Waals surface area (Å²) in [5.41, 5.74) is 3.81. The summed E-state index contributed by atoms with van der Waals surface area (Å²) >= 11 is 0. The zero-order chi connectivity index (χ0) is 24.0. The first-order valence-electron chi connectivity index (χ1n) is 11.4. The van der Waals surface area contributed by atoms with E-state index in [1.807, 2.05) is 0 Å². The number of hydrogen-bond acceptors (Lipinski definition) is 6. The second-order valence-electron chi connectivity index (χ2n) is 8.45. The summed E-state index contributed by atoms with van der Waals surface area (Å²) in [6, 6.07) is 16.1. The van der Waals surface area contributed by atoms with Gasteiger partial charge in [0.2, 0.25) is 0 Å². The van der Waals surface area contributed by atoms with E-state index in [1.165, 1.54) is 35.5 Å². The lowest BCUT2D eigenvalue weighted by Gasteiger charge is -2.36. The van der Waals surface area contributed by atoms with Gasteiger partial charge in [-0.05, 0) is 62.8 Å². The highest BCUT2D eigenvalue weighted by molar-refractivity contribution is 5.59. The first-order valence-corrected chi connectivity index (χ1v) is 11.4. The summed E-state index contributed by atoms with van der Waals surface area (Å²) in [5, 5.41) is 7.37.